The molecule has 0 N–H and O–H groups in total. The second-order valence-corrected chi connectivity index (χ2v) is 6.34. The molecule has 0 aliphatic rings. The fourth-order valence-electron chi connectivity index (χ4n) is 2.14. The highest BCUT2D eigenvalue weighted by Crippen LogP contribution is 2.33. The molecule has 21 heavy (non-hydrogen) atoms. The number of rotatable bonds is 3. The molecule has 3 heterocycles. The Labute approximate surface area is 131 Å². The van der Waals surface area contributed by atoms with E-state index >= 15 is 0 Å². The molecule has 0 bridgehead atoms. The van der Waals surface area contributed by atoms with Gasteiger partial charge in [-0.2, -0.15) is 0 Å². The number of fused-ring (bicyclic) bond motifs is 1. The van der Waals surface area contributed by atoms with Crippen molar-refractivity contribution in [3.8, 4) is 5.88 Å². The first kappa shape index (κ1) is 14.2. The summed E-state index contributed by atoms with van der Waals surface area (Å²) in [6.07, 6.45) is 2.37. The number of ether oxygens (including phenoxy) is 1. The van der Waals surface area contributed by atoms with Gasteiger partial charge >= 0.3 is 0 Å². The summed E-state index contributed by atoms with van der Waals surface area (Å²) in [4.78, 5) is 15.4. The Bertz CT molecular complexity index is 799. The van der Waals surface area contributed by atoms with Crippen LogP contribution in [0.1, 0.15) is 21.8 Å². The number of methoxy groups -OCH3 is 1. The van der Waals surface area contributed by atoms with E-state index in [4.69, 9.17) is 16.3 Å². The molecule has 6 heteroatoms. The fraction of sp³-hybridized carbons (Fsp3) is 0.267. The van der Waals surface area contributed by atoms with Crippen LogP contribution in [0.15, 0.2) is 18.3 Å². The maximum atomic E-state index is 6.31. The highest BCUT2D eigenvalue weighted by Gasteiger charge is 2.13. The van der Waals surface area contributed by atoms with E-state index in [2.05, 4.69) is 28.8 Å². The molecule has 0 atom stereocenters. The van der Waals surface area contributed by atoms with Crippen LogP contribution in [-0.2, 0) is 6.42 Å². The quantitative estimate of drug-likeness (QED) is 0.686. The fourth-order valence-corrected chi connectivity index (χ4v) is 3.57. The van der Waals surface area contributed by atoms with Gasteiger partial charge in [0.1, 0.15) is 15.8 Å². The minimum atomic E-state index is 0.526. The van der Waals surface area contributed by atoms with Gasteiger partial charge in [-0.3, -0.25) is 0 Å². The Balaban J connectivity index is 1.97. The first-order chi connectivity index (χ1) is 10.1. The third-order valence-corrected chi connectivity index (χ3v) is 4.77. The molecule has 0 radical (unpaired) electrons. The summed E-state index contributed by atoms with van der Waals surface area (Å²) in [7, 11) is 1.60. The average molecular weight is 320 g/mol. The molecule has 108 valence electrons. The van der Waals surface area contributed by atoms with E-state index in [9.17, 15) is 0 Å². The summed E-state index contributed by atoms with van der Waals surface area (Å²) >= 11 is 7.97. The third kappa shape index (κ3) is 2.71. The van der Waals surface area contributed by atoms with Crippen molar-refractivity contribution >= 4 is 33.2 Å². The van der Waals surface area contributed by atoms with E-state index in [1.807, 2.05) is 12.1 Å². The number of thiophene rings is 1. The van der Waals surface area contributed by atoms with E-state index in [0.717, 1.165) is 21.3 Å². The van der Waals surface area contributed by atoms with Crippen LogP contribution in [0.2, 0.25) is 5.15 Å². The summed E-state index contributed by atoms with van der Waals surface area (Å²) in [5.41, 5.74) is 2.19. The van der Waals surface area contributed by atoms with Gasteiger partial charge in [-0.1, -0.05) is 17.7 Å². The molecular weight excluding hydrogens is 306 g/mol. The van der Waals surface area contributed by atoms with Crippen molar-refractivity contribution in [2.75, 3.05) is 7.11 Å². The highest BCUT2D eigenvalue weighted by atomic mass is 35.5. The van der Waals surface area contributed by atoms with E-state index in [1.54, 1.807) is 24.6 Å². The van der Waals surface area contributed by atoms with Gasteiger partial charge in [0.05, 0.1) is 12.5 Å². The monoisotopic (exact) mass is 319 g/mol. The first-order valence-corrected chi connectivity index (χ1v) is 7.69. The Morgan fingerprint density at radius 1 is 1.24 bits per heavy atom. The number of aromatic nitrogens is 3. The molecule has 0 saturated heterocycles. The Morgan fingerprint density at radius 2 is 2.05 bits per heavy atom. The van der Waals surface area contributed by atoms with Crippen LogP contribution in [-0.4, -0.2) is 22.1 Å². The highest BCUT2D eigenvalue weighted by molar-refractivity contribution is 7.18. The molecule has 0 saturated carbocycles. The SMILES string of the molecule is COc1ccc(Cc2nc(Cl)c3c(C)c(C)sc3n2)cn1. The average Bonchev–Trinajstić information content (AvgIpc) is 2.75. The summed E-state index contributed by atoms with van der Waals surface area (Å²) in [6, 6.07) is 3.78. The van der Waals surface area contributed by atoms with Gasteiger partial charge in [0.25, 0.3) is 0 Å². The predicted molar refractivity (Wildman–Crippen MR) is 85.5 cm³/mol. The predicted octanol–water partition coefficient (Wildman–Crippen LogP) is 3.96. The van der Waals surface area contributed by atoms with Crippen molar-refractivity contribution in [2.24, 2.45) is 0 Å². The van der Waals surface area contributed by atoms with Gasteiger partial charge in [-0.25, -0.2) is 15.0 Å². The summed E-state index contributed by atoms with van der Waals surface area (Å²) in [5.74, 6) is 1.30. The zero-order valence-electron chi connectivity index (χ0n) is 12.0. The number of nitrogens with zero attached hydrogens (tertiary/aromatic N) is 3. The molecule has 0 aliphatic carbocycles. The number of hydrogen-bond acceptors (Lipinski definition) is 5. The van der Waals surface area contributed by atoms with Crippen LogP contribution < -0.4 is 4.74 Å². The van der Waals surface area contributed by atoms with E-state index < -0.39 is 0 Å². The molecule has 3 aromatic rings. The lowest BCUT2D eigenvalue weighted by Gasteiger charge is -2.03. The zero-order valence-corrected chi connectivity index (χ0v) is 13.5. The lowest BCUT2D eigenvalue weighted by molar-refractivity contribution is 0.397. The zero-order chi connectivity index (χ0) is 15.0. The van der Waals surface area contributed by atoms with Gasteiger partial charge in [0, 0.05) is 23.6 Å². The van der Waals surface area contributed by atoms with Gasteiger partial charge in [0.15, 0.2) is 0 Å². The van der Waals surface area contributed by atoms with Crippen molar-refractivity contribution in [3.05, 3.63) is 45.3 Å². The van der Waals surface area contributed by atoms with Crippen molar-refractivity contribution in [3.63, 3.8) is 0 Å². The first-order valence-electron chi connectivity index (χ1n) is 6.49. The lowest BCUT2D eigenvalue weighted by atomic mass is 10.2. The molecule has 0 aromatic carbocycles. The third-order valence-electron chi connectivity index (χ3n) is 3.40. The number of pyridine rings is 1. The van der Waals surface area contributed by atoms with E-state index in [-0.39, 0.29) is 0 Å². The van der Waals surface area contributed by atoms with Gasteiger partial charge in [-0.15, -0.1) is 11.3 Å². The maximum Gasteiger partial charge on any atom is 0.212 e. The number of aryl methyl sites for hydroxylation is 2. The molecule has 3 rings (SSSR count). The molecular formula is C15H14ClN3OS. The molecule has 4 nitrogen and oxygen atoms in total. The minimum Gasteiger partial charge on any atom is -0.481 e. The Kier molecular flexibility index (Phi) is 3.78. The van der Waals surface area contributed by atoms with Crippen LogP contribution >= 0.6 is 22.9 Å². The Hall–Kier alpha value is -1.72. The summed E-state index contributed by atoms with van der Waals surface area (Å²) in [5, 5.41) is 1.49. The van der Waals surface area contributed by atoms with Gasteiger partial charge < -0.3 is 4.74 Å². The van der Waals surface area contributed by atoms with Crippen LogP contribution in [0.5, 0.6) is 5.88 Å². The van der Waals surface area contributed by atoms with Crippen molar-refractivity contribution in [2.45, 2.75) is 20.3 Å². The molecule has 0 unspecified atom stereocenters. The van der Waals surface area contributed by atoms with Gasteiger partial charge in [0.2, 0.25) is 5.88 Å². The molecule has 0 spiro atoms. The van der Waals surface area contributed by atoms with E-state index in [1.165, 1.54) is 4.88 Å². The van der Waals surface area contributed by atoms with E-state index in [0.29, 0.717) is 23.3 Å². The minimum absolute atomic E-state index is 0.526. The molecule has 0 fully saturated rings. The maximum absolute atomic E-state index is 6.31. The Morgan fingerprint density at radius 3 is 2.71 bits per heavy atom. The molecule has 3 aromatic heterocycles. The van der Waals surface area contributed by atoms with Crippen LogP contribution in [0.4, 0.5) is 0 Å². The van der Waals surface area contributed by atoms with Crippen molar-refractivity contribution < 1.29 is 4.74 Å². The summed E-state index contributed by atoms with van der Waals surface area (Å²) in [6.45, 7) is 4.13. The van der Waals surface area contributed by atoms with Crippen LogP contribution in [0.3, 0.4) is 0 Å². The van der Waals surface area contributed by atoms with Crippen LogP contribution in [0, 0.1) is 13.8 Å². The number of halogens is 1. The lowest BCUT2D eigenvalue weighted by Crippen LogP contribution is -1.98. The smallest absolute Gasteiger partial charge is 0.212 e. The largest absolute Gasteiger partial charge is 0.481 e. The van der Waals surface area contributed by atoms with Crippen molar-refractivity contribution in [1.29, 1.82) is 0 Å². The number of hydrogen-bond donors (Lipinski definition) is 0. The normalized spacial score (nSPS) is 11.0. The van der Waals surface area contributed by atoms with Crippen LogP contribution in [0.25, 0.3) is 10.2 Å². The van der Waals surface area contributed by atoms with Gasteiger partial charge in [-0.05, 0) is 25.0 Å². The standard InChI is InChI=1S/C15H14ClN3OS/c1-8-9(2)21-15-13(8)14(16)18-11(19-15)6-10-4-5-12(20-3)17-7-10/h4-5,7H,6H2,1-3H3. The van der Waals surface area contributed by atoms with Crippen molar-refractivity contribution in [1.82, 2.24) is 15.0 Å². The molecule has 0 aliphatic heterocycles. The molecule has 0 amide bonds. The second kappa shape index (κ2) is 5.58. The second-order valence-electron chi connectivity index (χ2n) is 4.78. The topological polar surface area (TPSA) is 47.9 Å². The summed E-state index contributed by atoms with van der Waals surface area (Å²) < 4.78 is 5.05.